The van der Waals surface area contributed by atoms with E-state index in [-0.39, 0.29) is 30.7 Å². The van der Waals surface area contributed by atoms with Crippen LogP contribution in [0.5, 0.6) is 0 Å². The lowest BCUT2D eigenvalue weighted by Crippen LogP contribution is -2.48. The molecule has 0 spiro atoms. The summed E-state index contributed by atoms with van der Waals surface area (Å²) in [6, 6.07) is 6.32. The van der Waals surface area contributed by atoms with Crippen LogP contribution in [0.4, 0.5) is 5.82 Å². The Bertz CT molecular complexity index is 526. The van der Waals surface area contributed by atoms with Crippen LogP contribution >= 0.6 is 24.8 Å². The van der Waals surface area contributed by atoms with Crippen LogP contribution in [-0.4, -0.2) is 61.1 Å². The molecule has 3 rings (SSSR count). The fourth-order valence-corrected chi connectivity index (χ4v) is 3.79. The second-order valence-electron chi connectivity index (χ2n) is 6.87. The van der Waals surface area contributed by atoms with E-state index < -0.39 is 0 Å². The number of piperazine rings is 1. The van der Waals surface area contributed by atoms with Gasteiger partial charge in [0.2, 0.25) is 5.91 Å². The van der Waals surface area contributed by atoms with Gasteiger partial charge in [-0.2, -0.15) is 0 Å². The molecule has 2 atom stereocenters. The lowest BCUT2D eigenvalue weighted by molar-refractivity contribution is -0.122. The lowest BCUT2D eigenvalue weighted by atomic mass is 10.0. The number of hydrogen-bond donors (Lipinski definition) is 2. The Labute approximate surface area is 168 Å². The SMILES string of the molecule is Cl.Cl.NCC1CCCC1NC(=O)CCN1CCN(c2ccccn2)CC1. The molecule has 0 radical (unpaired) electrons. The van der Waals surface area contributed by atoms with E-state index in [4.69, 9.17) is 5.73 Å². The molecule has 1 amide bonds. The van der Waals surface area contributed by atoms with Crippen LogP contribution in [0, 0.1) is 5.92 Å². The van der Waals surface area contributed by atoms with Crippen molar-refractivity contribution in [2.24, 2.45) is 11.7 Å². The van der Waals surface area contributed by atoms with Crippen LogP contribution in [-0.2, 0) is 4.79 Å². The molecule has 2 unspecified atom stereocenters. The number of rotatable bonds is 6. The van der Waals surface area contributed by atoms with Crippen LogP contribution in [0.1, 0.15) is 25.7 Å². The number of hydrogen-bond acceptors (Lipinski definition) is 5. The molecule has 26 heavy (non-hydrogen) atoms. The summed E-state index contributed by atoms with van der Waals surface area (Å²) in [5, 5.41) is 3.19. The quantitative estimate of drug-likeness (QED) is 0.755. The molecule has 8 heteroatoms. The number of amides is 1. The van der Waals surface area contributed by atoms with E-state index in [2.05, 4.69) is 26.2 Å². The van der Waals surface area contributed by atoms with Crippen LogP contribution in [0.2, 0.25) is 0 Å². The van der Waals surface area contributed by atoms with Gasteiger partial charge in [0.05, 0.1) is 0 Å². The molecule has 6 nitrogen and oxygen atoms in total. The van der Waals surface area contributed by atoms with E-state index in [1.807, 2.05) is 18.3 Å². The van der Waals surface area contributed by atoms with E-state index in [1.165, 1.54) is 6.42 Å². The summed E-state index contributed by atoms with van der Waals surface area (Å²) in [6.45, 7) is 5.42. The van der Waals surface area contributed by atoms with E-state index in [0.717, 1.165) is 51.4 Å². The first kappa shape index (κ1) is 23.0. The van der Waals surface area contributed by atoms with E-state index >= 15 is 0 Å². The zero-order valence-corrected chi connectivity index (χ0v) is 16.8. The van der Waals surface area contributed by atoms with Gasteiger partial charge in [0.25, 0.3) is 0 Å². The van der Waals surface area contributed by atoms with Gasteiger partial charge in [-0.1, -0.05) is 12.5 Å². The number of halogens is 2. The molecule has 1 saturated heterocycles. The summed E-state index contributed by atoms with van der Waals surface area (Å²) >= 11 is 0. The molecular weight excluding hydrogens is 373 g/mol. The van der Waals surface area contributed by atoms with Crippen molar-refractivity contribution in [3.05, 3.63) is 24.4 Å². The molecule has 148 valence electrons. The van der Waals surface area contributed by atoms with Gasteiger partial charge in [0, 0.05) is 51.4 Å². The normalized spacial score (nSPS) is 23.0. The van der Waals surface area contributed by atoms with E-state index in [0.29, 0.717) is 24.9 Å². The summed E-state index contributed by atoms with van der Waals surface area (Å²) in [6.07, 6.45) is 5.83. The van der Waals surface area contributed by atoms with Gasteiger partial charge < -0.3 is 16.0 Å². The van der Waals surface area contributed by atoms with Crippen molar-refractivity contribution in [1.82, 2.24) is 15.2 Å². The average molecular weight is 404 g/mol. The minimum atomic E-state index is 0. The Hall–Kier alpha value is -1.08. The summed E-state index contributed by atoms with van der Waals surface area (Å²) in [4.78, 5) is 21.3. The van der Waals surface area contributed by atoms with Crippen molar-refractivity contribution in [3.8, 4) is 0 Å². The molecule has 1 aromatic heterocycles. The predicted octanol–water partition coefficient (Wildman–Crippen LogP) is 1.68. The molecule has 3 N–H and O–H groups in total. The van der Waals surface area contributed by atoms with Crippen LogP contribution in [0.25, 0.3) is 0 Å². The smallest absolute Gasteiger partial charge is 0.221 e. The third kappa shape index (κ3) is 6.27. The van der Waals surface area contributed by atoms with Gasteiger partial charge in [0.15, 0.2) is 0 Å². The highest BCUT2D eigenvalue weighted by molar-refractivity contribution is 5.85. The fourth-order valence-electron chi connectivity index (χ4n) is 3.79. The molecule has 2 heterocycles. The summed E-state index contributed by atoms with van der Waals surface area (Å²) in [5.41, 5.74) is 5.78. The number of carbonyl (C=O) groups is 1. The number of nitrogens with zero attached hydrogens (tertiary/aromatic N) is 3. The van der Waals surface area contributed by atoms with Gasteiger partial charge in [-0.15, -0.1) is 24.8 Å². The largest absolute Gasteiger partial charge is 0.354 e. The van der Waals surface area contributed by atoms with Gasteiger partial charge in [-0.05, 0) is 37.4 Å². The number of anilines is 1. The van der Waals surface area contributed by atoms with Gasteiger partial charge in [0.1, 0.15) is 5.82 Å². The average Bonchev–Trinajstić information content (AvgIpc) is 3.08. The lowest BCUT2D eigenvalue weighted by Gasteiger charge is -2.35. The topological polar surface area (TPSA) is 74.5 Å². The minimum absolute atomic E-state index is 0. The maximum absolute atomic E-state index is 12.2. The monoisotopic (exact) mass is 403 g/mol. The number of pyridine rings is 1. The van der Waals surface area contributed by atoms with Crippen molar-refractivity contribution >= 4 is 36.5 Å². The molecule has 1 aliphatic carbocycles. The standard InChI is InChI=1S/C18H29N5O.2ClH/c19-14-15-4-3-5-16(15)21-18(24)7-9-22-10-12-23(13-11-22)17-6-1-2-8-20-17;;/h1-2,6,8,15-16H,3-5,7,9-14,19H2,(H,21,24);2*1H. The highest BCUT2D eigenvalue weighted by Crippen LogP contribution is 2.24. The molecule has 0 bridgehead atoms. The zero-order valence-electron chi connectivity index (χ0n) is 15.2. The van der Waals surface area contributed by atoms with E-state index in [1.54, 1.807) is 0 Å². The molecule has 2 aliphatic rings. The first-order valence-corrected chi connectivity index (χ1v) is 9.14. The maximum atomic E-state index is 12.2. The molecule has 2 fully saturated rings. The summed E-state index contributed by atoms with van der Waals surface area (Å²) in [7, 11) is 0. The zero-order chi connectivity index (χ0) is 16.8. The van der Waals surface area contributed by atoms with Crippen LogP contribution in [0.15, 0.2) is 24.4 Å². The van der Waals surface area contributed by atoms with Gasteiger partial charge >= 0.3 is 0 Å². The Morgan fingerprint density at radius 3 is 2.62 bits per heavy atom. The number of nitrogens with one attached hydrogen (secondary N) is 1. The Balaban J connectivity index is 0.00000169. The Morgan fingerprint density at radius 2 is 1.96 bits per heavy atom. The highest BCUT2D eigenvalue weighted by Gasteiger charge is 2.27. The first-order chi connectivity index (χ1) is 11.8. The molecular formula is C18H31Cl2N5O. The van der Waals surface area contributed by atoms with Crippen molar-refractivity contribution < 1.29 is 4.79 Å². The first-order valence-electron chi connectivity index (χ1n) is 9.14. The van der Waals surface area contributed by atoms with Gasteiger partial charge in [-0.3, -0.25) is 9.69 Å². The third-order valence-electron chi connectivity index (χ3n) is 5.31. The second-order valence-corrected chi connectivity index (χ2v) is 6.87. The number of aromatic nitrogens is 1. The second kappa shape index (κ2) is 11.6. The van der Waals surface area contributed by atoms with Crippen molar-refractivity contribution in [2.75, 3.05) is 44.2 Å². The number of nitrogens with two attached hydrogens (primary N) is 1. The summed E-state index contributed by atoms with van der Waals surface area (Å²) < 4.78 is 0. The van der Waals surface area contributed by atoms with Crippen molar-refractivity contribution in [3.63, 3.8) is 0 Å². The third-order valence-corrected chi connectivity index (χ3v) is 5.31. The number of carbonyl (C=O) groups excluding carboxylic acids is 1. The highest BCUT2D eigenvalue weighted by atomic mass is 35.5. The van der Waals surface area contributed by atoms with Gasteiger partial charge in [-0.25, -0.2) is 4.98 Å². The van der Waals surface area contributed by atoms with Crippen molar-refractivity contribution in [2.45, 2.75) is 31.7 Å². The molecule has 1 saturated carbocycles. The molecule has 1 aromatic rings. The van der Waals surface area contributed by atoms with E-state index in [9.17, 15) is 4.79 Å². The van der Waals surface area contributed by atoms with Crippen LogP contribution in [0.3, 0.4) is 0 Å². The Morgan fingerprint density at radius 1 is 1.19 bits per heavy atom. The fraction of sp³-hybridized carbons (Fsp3) is 0.667. The van der Waals surface area contributed by atoms with Crippen molar-refractivity contribution in [1.29, 1.82) is 0 Å². The predicted molar refractivity (Wildman–Crippen MR) is 110 cm³/mol. The molecule has 1 aliphatic heterocycles. The Kier molecular flexibility index (Phi) is 10.2. The molecule has 0 aromatic carbocycles. The minimum Gasteiger partial charge on any atom is -0.354 e. The van der Waals surface area contributed by atoms with Crippen LogP contribution < -0.4 is 16.0 Å². The maximum Gasteiger partial charge on any atom is 0.221 e. The summed E-state index contributed by atoms with van der Waals surface area (Å²) in [5.74, 6) is 1.69.